The fraction of sp³-hybridized carbons (Fsp3) is 0.286. The molecule has 7 heteroatoms. The largest absolute Gasteiger partial charge is 0.370 e. The molecule has 1 amide bonds. The minimum absolute atomic E-state index is 0.0275. The van der Waals surface area contributed by atoms with Gasteiger partial charge in [0.25, 0.3) is 5.91 Å². The van der Waals surface area contributed by atoms with Crippen LogP contribution >= 0.6 is 23.2 Å². The molecule has 0 radical (unpaired) electrons. The van der Waals surface area contributed by atoms with Crippen molar-refractivity contribution in [3.63, 3.8) is 0 Å². The standard InChI is InChI=1S/C14H14Cl2N2O3/c1-8-12(14(20)21-18(8)2)13(19)17-6-5-9-3-4-10(15)7-11(9)16/h3-4,7H,5-6H2,1-2H3,(H,17,19). The average Bonchev–Trinajstić information content (AvgIpc) is 2.66. The average molecular weight is 329 g/mol. The molecule has 0 bridgehead atoms. The Morgan fingerprint density at radius 3 is 2.67 bits per heavy atom. The van der Waals surface area contributed by atoms with Crippen molar-refractivity contribution in [2.24, 2.45) is 7.05 Å². The molecular formula is C14H14Cl2N2O3. The molecule has 1 heterocycles. The maximum Gasteiger partial charge on any atom is 0.370 e. The van der Waals surface area contributed by atoms with Crippen LogP contribution in [0.5, 0.6) is 0 Å². The van der Waals surface area contributed by atoms with Crippen LogP contribution in [0.15, 0.2) is 27.5 Å². The van der Waals surface area contributed by atoms with Crippen molar-refractivity contribution in [3.8, 4) is 0 Å². The summed E-state index contributed by atoms with van der Waals surface area (Å²) in [5, 5.41) is 3.79. The molecule has 0 aliphatic rings. The number of halogens is 2. The third-order valence-corrected chi connectivity index (χ3v) is 3.77. The topological polar surface area (TPSA) is 64.2 Å². The Hall–Kier alpha value is -1.72. The molecule has 1 aromatic carbocycles. The summed E-state index contributed by atoms with van der Waals surface area (Å²) in [4.78, 5) is 23.5. The highest BCUT2D eigenvalue weighted by atomic mass is 35.5. The minimum atomic E-state index is -0.642. The van der Waals surface area contributed by atoms with Crippen LogP contribution in [0.3, 0.4) is 0 Å². The van der Waals surface area contributed by atoms with Gasteiger partial charge in [-0.3, -0.25) is 4.79 Å². The quantitative estimate of drug-likeness (QED) is 0.938. The van der Waals surface area contributed by atoms with E-state index in [1.165, 1.54) is 4.74 Å². The molecule has 1 aromatic heterocycles. The summed E-state index contributed by atoms with van der Waals surface area (Å²) in [7, 11) is 1.57. The minimum Gasteiger partial charge on any atom is -0.351 e. The molecule has 0 spiro atoms. The van der Waals surface area contributed by atoms with Crippen LogP contribution in [-0.2, 0) is 13.5 Å². The summed E-state index contributed by atoms with van der Waals surface area (Å²) < 4.78 is 6.10. The first-order chi connectivity index (χ1) is 9.90. The number of nitrogens with zero attached hydrogens (tertiary/aromatic N) is 1. The van der Waals surface area contributed by atoms with E-state index in [2.05, 4.69) is 5.32 Å². The van der Waals surface area contributed by atoms with Crippen LogP contribution < -0.4 is 10.9 Å². The molecule has 0 aliphatic carbocycles. The van der Waals surface area contributed by atoms with Crippen molar-refractivity contribution < 1.29 is 9.32 Å². The van der Waals surface area contributed by atoms with Crippen LogP contribution in [0.4, 0.5) is 0 Å². The van der Waals surface area contributed by atoms with E-state index in [-0.39, 0.29) is 5.56 Å². The molecule has 0 saturated heterocycles. The lowest BCUT2D eigenvalue weighted by atomic mass is 10.1. The lowest BCUT2D eigenvalue weighted by Gasteiger charge is -2.06. The molecule has 1 N–H and O–H groups in total. The van der Waals surface area contributed by atoms with Gasteiger partial charge in [0.1, 0.15) is 5.56 Å². The highest BCUT2D eigenvalue weighted by Crippen LogP contribution is 2.21. The van der Waals surface area contributed by atoms with Gasteiger partial charge in [-0.1, -0.05) is 29.3 Å². The number of benzene rings is 1. The van der Waals surface area contributed by atoms with Crippen molar-refractivity contribution in [2.75, 3.05) is 6.54 Å². The number of aryl methyl sites for hydroxylation is 1. The maximum absolute atomic E-state index is 12.0. The second kappa shape index (κ2) is 6.37. The molecule has 2 aromatic rings. The molecule has 21 heavy (non-hydrogen) atoms. The van der Waals surface area contributed by atoms with E-state index in [1.807, 2.05) is 0 Å². The third-order valence-electron chi connectivity index (χ3n) is 3.18. The van der Waals surface area contributed by atoms with Gasteiger partial charge in [0.2, 0.25) is 0 Å². The van der Waals surface area contributed by atoms with Crippen LogP contribution in [0, 0.1) is 6.92 Å². The molecular weight excluding hydrogens is 315 g/mol. The van der Waals surface area contributed by atoms with Crippen molar-refractivity contribution in [1.29, 1.82) is 0 Å². The van der Waals surface area contributed by atoms with Crippen molar-refractivity contribution in [2.45, 2.75) is 13.3 Å². The monoisotopic (exact) mass is 328 g/mol. The van der Waals surface area contributed by atoms with Gasteiger partial charge in [0, 0.05) is 23.6 Å². The Morgan fingerprint density at radius 1 is 1.38 bits per heavy atom. The van der Waals surface area contributed by atoms with E-state index in [0.717, 1.165) is 5.56 Å². The summed E-state index contributed by atoms with van der Waals surface area (Å²) in [6.07, 6.45) is 0.541. The Balaban J connectivity index is 2.00. The van der Waals surface area contributed by atoms with E-state index in [1.54, 1.807) is 32.2 Å². The predicted molar refractivity (Wildman–Crippen MR) is 81.2 cm³/mol. The van der Waals surface area contributed by atoms with E-state index in [0.29, 0.717) is 28.7 Å². The number of carbonyl (C=O) groups excluding carboxylic acids is 1. The number of carbonyl (C=O) groups is 1. The van der Waals surface area contributed by atoms with E-state index < -0.39 is 11.5 Å². The van der Waals surface area contributed by atoms with Gasteiger partial charge in [-0.15, -0.1) is 0 Å². The Labute approximate surface area is 131 Å². The zero-order valence-electron chi connectivity index (χ0n) is 11.6. The number of nitrogens with one attached hydrogen (secondary N) is 1. The second-order valence-corrected chi connectivity index (χ2v) is 5.42. The summed E-state index contributed by atoms with van der Waals surface area (Å²) in [5.74, 6) is -0.452. The van der Waals surface area contributed by atoms with E-state index >= 15 is 0 Å². The van der Waals surface area contributed by atoms with Gasteiger partial charge in [-0.25, -0.2) is 9.53 Å². The normalized spacial score (nSPS) is 10.7. The van der Waals surface area contributed by atoms with Crippen LogP contribution in [0.2, 0.25) is 10.0 Å². The molecule has 0 atom stereocenters. The fourth-order valence-corrected chi connectivity index (χ4v) is 2.43. The van der Waals surface area contributed by atoms with Crippen molar-refractivity contribution in [3.05, 3.63) is 55.5 Å². The third kappa shape index (κ3) is 3.49. The van der Waals surface area contributed by atoms with Crippen LogP contribution in [-0.4, -0.2) is 17.2 Å². The van der Waals surface area contributed by atoms with Gasteiger partial charge in [-0.2, -0.15) is 0 Å². The summed E-state index contributed by atoms with van der Waals surface area (Å²) in [5.41, 5.74) is 0.747. The first-order valence-electron chi connectivity index (χ1n) is 6.29. The van der Waals surface area contributed by atoms with Crippen LogP contribution in [0.25, 0.3) is 0 Å². The second-order valence-electron chi connectivity index (χ2n) is 4.58. The molecule has 5 nitrogen and oxygen atoms in total. The Morgan fingerprint density at radius 2 is 2.10 bits per heavy atom. The SMILES string of the molecule is Cc1c(C(=O)NCCc2ccc(Cl)cc2Cl)c(=O)on1C. The smallest absolute Gasteiger partial charge is 0.351 e. The van der Waals surface area contributed by atoms with Gasteiger partial charge in [-0.05, 0) is 31.0 Å². The zero-order chi connectivity index (χ0) is 15.6. The van der Waals surface area contributed by atoms with Gasteiger partial charge in [0.15, 0.2) is 0 Å². The Kier molecular flexibility index (Phi) is 4.75. The molecule has 2 rings (SSSR count). The van der Waals surface area contributed by atoms with E-state index in [4.69, 9.17) is 27.7 Å². The number of hydrogen-bond acceptors (Lipinski definition) is 3. The Bertz CT molecular complexity index is 734. The lowest BCUT2D eigenvalue weighted by Crippen LogP contribution is -2.29. The number of hydrogen-bond donors (Lipinski definition) is 1. The first-order valence-corrected chi connectivity index (χ1v) is 7.04. The van der Waals surface area contributed by atoms with Gasteiger partial charge < -0.3 is 9.84 Å². The fourth-order valence-electron chi connectivity index (χ4n) is 1.92. The van der Waals surface area contributed by atoms with Crippen LogP contribution in [0.1, 0.15) is 21.6 Å². The summed E-state index contributed by atoms with van der Waals surface area (Å²) >= 11 is 11.9. The number of rotatable bonds is 4. The maximum atomic E-state index is 12.0. The van der Waals surface area contributed by atoms with Crippen molar-refractivity contribution >= 4 is 29.1 Å². The zero-order valence-corrected chi connectivity index (χ0v) is 13.1. The summed E-state index contributed by atoms with van der Waals surface area (Å²) in [6, 6.07) is 5.19. The molecule has 0 fully saturated rings. The predicted octanol–water partition coefficient (Wildman–Crippen LogP) is 2.57. The van der Waals surface area contributed by atoms with Gasteiger partial charge in [0.05, 0.1) is 5.69 Å². The molecule has 0 saturated carbocycles. The molecule has 112 valence electrons. The highest BCUT2D eigenvalue weighted by molar-refractivity contribution is 6.35. The lowest BCUT2D eigenvalue weighted by molar-refractivity contribution is 0.0951. The van der Waals surface area contributed by atoms with E-state index in [9.17, 15) is 9.59 Å². The molecule has 0 aliphatic heterocycles. The number of amides is 1. The number of aromatic nitrogens is 1. The first kappa shape index (κ1) is 15.7. The highest BCUT2D eigenvalue weighted by Gasteiger charge is 2.19. The van der Waals surface area contributed by atoms with Crippen molar-refractivity contribution in [1.82, 2.24) is 10.1 Å². The summed E-state index contributed by atoms with van der Waals surface area (Å²) in [6.45, 7) is 2.00. The molecule has 0 unspecified atom stereocenters. The van der Waals surface area contributed by atoms with Gasteiger partial charge >= 0.3 is 5.63 Å².